The van der Waals surface area contributed by atoms with Gasteiger partial charge in [-0.05, 0) is 37.3 Å². The van der Waals surface area contributed by atoms with E-state index in [9.17, 15) is 9.59 Å². The summed E-state index contributed by atoms with van der Waals surface area (Å²) in [5, 5.41) is 4.90. The number of esters is 1. The van der Waals surface area contributed by atoms with E-state index in [1.807, 2.05) is 37.3 Å². The number of piperidine rings is 1. The van der Waals surface area contributed by atoms with Crippen molar-refractivity contribution in [3.8, 4) is 0 Å². The van der Waals surface area contributed by atoms with Crippen molar-refractivity contribution < 1.29 is 14.3 Å². The van der Waals surface area contributed by atoms with Crippen LogP contribution in [0, 0.1) is 12.8 Å². The molecule has 1 amide bonds. The molecule has 3 rings (SSSR count). The zero-order valence-corrected chi connectivity index (χ0v) is 17.6. The van der Waals surface area contributed by atoms with Gasteiger partial charge in [-0.2, -0.15) is 5.10 Å². The zero-order valence-electron chi connectivity index (χ0n) is 16.8. The average Bonchev–Trinajstić information content (AvgIpc) is 2.98. The van der Waals surface area contributed by atoms with E-state index in [-0.39, 0.29) is 12.5 Å². The van der Waals surface area contributed by atoms with E-state index >= 15 is 0 Å². The second-order valence-electron chi connectivity index (χ2n) is 7.46. The summed E-state index contributed by atoms with van der Waals surface area (Å²) in [6, 6.07) is 9.88. The summed E-state index contributed by atoms with van der Waals surface area (Å²) in [6.07, 6.45) is 4.99. The van der Waals surface area contributed by atoms with Gasteiger partial charge < -0.3 is 9.64 Å². The van der Waals surface area contributed by atoms with Gasteiger partial charge in [0.15, 0.2) is 6.61 Å². The van der Waals surface area contributed by atoms with Gasteiger partial charge in [0.25, 0.3) is 5.91 Å². The van der Waals surface area contributed by atoms with E-state index in [0.717, 1.165) is 31.5 Å². The van der Waals surface area contributed by atoms with Crippen molar-refractivity contribution in [2.75, 3.05) is 19.7 Å². The molecule has 0 aliphatic carbocycles. The van der Waals surface area contributed by atoms with Gasteiger partial charge in [0.1, 0.15) is 5.15 Å². The molecule has 2 heterocycles. The molecule has 0 spiro atoms. The Hall–Kier alpha value is -2.60. The van der Waals surface area contributed by atoms with E-state index < -0.39 is 5.97 Å². The topological polar surface area (TPSA) is 64.4 Å². The van der Waals surface area contributed by atoms with Crippen LogP contribution in [0.4, 0.5) is 0 Å². The van der Waals surface area contributed by atoms with E-state index in [4.69, 9.17) is 16.3 Å². The van der Waals surface area contributed by atoms with E-state index in [1.54, 1.807) is 15.7 Å². The first-order chi connectivity index (χ1) is 13.9. The lowest BCUT2D eigenvalue weighted by molar-refractivity contribution is -0.149. The number of benzene rings is 1. The molecule has 154 valence electrons. The molecule has 0 radical (unpaired) electrons. The highest BCUT2D eigenvalue weighted by Gasteiger charge is 2.21. The van der Waals surface area contributed by atoms with Gasteiger partial charge in [0.05, 0.1) is 12.2 Å². The van der Waals surface area contributed by atoms with Crippen molar-refractivity contribution in [1.29, 1.82) is 0 Å². The molecule has 1 atom stereocenters. The molecule has 1 unspecified atom stereocenters. The Morgan fingerprint density at radius 2 is 2.07 bits per heavy atom. The molecule has 1 aliphatic heterocycles. The Bertz CT molecular complexity index is 892. The first-order valence-electron chi connectivity index (χ1n) is 9.83. The highest BCUT2D eigenvalue weighted by molar-refractivity contribution is 6.31. The van der Waals surface area contributed by atoms with Crippen LogP contribution in [-0.2, 0) is 20.9 Å². The molecule has 0 saturated carbocycles. The Labute approximate surface area is 176 Å². The van der Waals surface area contributed by atoms with Crippen LogP contribution in [-0.4, -0.2) is 46.3 Å². The van der Waals surface area contributed by atoms with Gasteiger partial charge >= 0.3 is 5.97 Å². The zero-order chi connectivity index (χ0) is 20.8. The lowest BCUT2D eigenvalue weighted by Gasteiger charge is -2.30. The third-order valence-electron chi connectivity index (χ3n) is 5.02. The van der Waals surface area contributed by atoms with Crippen molar-refractivity contribution in [3.63, 3.8) is 0 Å². The molecule has 6 nitrogen and oxygen atoms in total. The van der Waals surface area contributed by atoms with Gasteiger partial charge in [-0.3, -0.25) is 4.79 Å². The summed E-state index contributed by atoms with van der Waals surface area (Å²) in [6.45, 7) is 5.71. The number of aryl methyl sites for hydroxylation is 1. The smallest absolute Gasteiger partial charge is 0.331 e. The maximum absolute atomic E-state index is 12.2. The Balaban J connectivity index is 1.56. The minimum atomic E-state index is -0.574. The molecule has 0 bridgehead atoms. The molecule has 1 aliphatic rings. The van der Waals surface area contributed by atoms with E-state index in [1.165, 1.54) is 6.08 Å². The van der Waals surface area contributed by atoms with Crippen LogP contribution in [0.3, 0.4) is 0 Å². The fourth-order valence-electron chi connectivity index (χ4n) is 3.46. The number of carbonyl (C=O) groups is 2. The van der Waals surface area contributed by atoms with Crippen molar-refractivity contribution in [2.24, 2.45) is 5.92 Å². The van der Waals surface area contributed by atoms with Crippen molar-refractivity contribution in [1.82, 2.24) is 14.7 Å². The number of halogens is 1. The molecular weight excluding hydrogens is 390 g/mol. The summed E-state index contributed by atoms with van der Waals surface area (Å²) in [5.74, 6) is -0.237. The third kappa shape index (κ3) is 5.70. The van der Waals surface area contributed by atoms with Crippen LogP contribution < -0.4 is 0 Å². The molecule has 2 aromatic rings. The Morgan fingerprint density at radius 3 is 2.79 bits per heavy atom. The van der Waals surface area contributed by atoms with E-state index in [2.05, 4.69) is 12.0 Å². The minimum absolute atomic E-state index is 0.150. The average molecular weight is 416 g/mol. The van der Waals surface area contributed by atoms with Crippen molar-refractivity contribution in [2.45, 2.75) is 33.2 Å². The number of amides is 1. The molecule has 0 N–H and O–H groups in total. The highest BCUT2D eigenvalue weighted by atomic mass is 35.5. The normalized spacial score (nSPS) is 16.9. The monoisotopic (exact) mass is 415 g/mol. The molecular formula is C22H26ClN3O3. The lowest BCUT2D eigenvalue weighted by atomic mass is 10.0. The first-order valence-corrected chi connectivity index (χ1v) is 10.2. The number of ether oxygens (including phenoxy) is 1. The molecule has 7 heteroatoms. The number of aromatic nitrogens is 2. The molecule has 1 aromatic heterocycles. The third-order valence-corrected chi connectivity index (χ3v) is 5.42. The highest BCUT2D eigenvalue weighted by Crippen LogP contribution is 2.22. The van der Waals surface area contributed by atoms with Crippen LogP contribution in [0.25, 0.3) is 6.08 Å². The maximum Gasteiger partial charge on any atom is 0.331 e. The quantitative estimate of drug-likeness (QED) is 0.533. The number of carbonyl (C=O) groups excluding carboxylic acids is 2. The van der Waals surface area contributed by atoms with Gasteiger partial charge in [0.2, 0.25) is 0 Å². The summed E-state index contributed by atoms with van der Waals surface area (Å²) in [4.78, 5) is 26.0. The summed E-state index contributed by atoms with van der Waals surface area (Å²) < 4.78 is 6.80. The SMILES string of the molecule is Cc1nn(Cc2ccccc2)c(Cl)c1/C=C/C(=O)OCC(=O)N1CCCC(C)C1. The molecule has 1 aromatic carbocycles. The van der Waals surface area contributed by atoms with Gasteiger partial charge in [-0.25, -0.2) is 9.48 Å². The Morgan fingerprint density at radius 1 is 1.31 bits per heavy atom. The standard InChI is InChI=1S/C22H26ClN3O3/c1-16-7-6-12-25(13-16)20(27)15-29-21(28)11-10-19-17(2)24-26(22(19)23)14-18-8-4-3-5-9-18/h3-5,8-11,16H,6-7,12-15H2,1-2H3/b11-10+. The Kier molecular flexibility index (Phi) is 7.09. The fourth-order valence-corrected chi connectivity index (χ4v) is 3.75. The summed E-state index contributed by atoms with van der Waals surface area (Å²) >= 11 is 6.44. The fraction of sp³-hybridized carbons (Fsp3) is 0.409. The van der Waals surface area contributed by atoms with Gasteiger partial charge in [-0.1, -0.05) is 48.9 Å². The minimum Gasteiger partial charge on any atom is -0.452 e. The molecule has 29 heavy (non-hydrogen) atoms. The first kappa shape index (κ1) is 21.1. The molecule has 1 saturated heterocycles. The van der Waals surface area contributed by atoms with Crippen LogP contribution in [0.15, 0.2) is 36.4 Å². The number of nitrogens with zero attached hydrogens (tertiary/aromatic N) is 3. The summed E-state index contributed by atoms with van der Waals surface area (Å²) in [5.41, 5.74) is 2.46. The second-order valence-corrected chi connectivity index (χ2v) is 7.82. The maximum atomic E-state index is 12.2. The number of rotatable bonds is 6. The molecule has 1 fully saturated rings. The second kappa shape index (κ2) is 9.74. The van der Waals surface area contributed by atoms with Crippen molar-refractivity contribution >= 4 is 29.6 Å². The van der Waals surface area contributed by atoms with E-state index in [0.29, 0.717) is 28.9 Å². The lowest BCUT2D eigenvalue weighted by Crippen LogP contribution is -2.41. The predicted molar refractivity (Wildman–Crippen MR) is 112 cm³/mol. The number of hydrogen-bond acceptors (Lipinski definition) is 4. The van der Waals surface area contributed by atoms with Crippen molar-refractivity contribution in [3.05, 3.63) is 58.4 Å². The van der Waals surface area contributed by atoms with Gasteiger partial charge in [-0.15, -0.1) is 0 Å². The number of likely N-dealkylation sites (tertiary alicyclic amines) is 1. The van der Waals surface area contributed by atoms with Gasteiger partial charge in [0, 0.05) is 24.7 Å². The summed E-state index contributed by atoms with van der Waals surface area (Å²) in [7, 11) is 0. The van der Waals surface area contributed by atoms with Crippen LogP contribution in [0.2, 0.25) is 5.15 Å². The van der Waals surface area contributed by atoms with Crippen LogP contribution in [0.5, 0.6) is 0 Å². The number of hydrogen-bond donors (Lipinski definition) is 0. The van der Waals surface area contributed by atoms with Crippen LogP contribution in [0.1, 0.15) is 36.6 Å². The largest absolute Gasteiger partial charge is 0.452 e. The predicted octanol–water partition coefficient (Wildman–Crippen LogP) is 3.71. The van der Waals surface area contributed by atoms with Crippen LogP contribution >= 0.6 is 11.6 Å².